The summed E-state index contributed by atoms with van der Waals surface area (Å²) < 4.78 is 32.2. The van der Waals surface area contributed by atoms with E-state index in [0.29, 0.717) is 31.0 Å². The molecule has 1 aliphatic carbocycles. The van der Waals surface area contributed by atoms with E-state index in [9.17, 15) is 8.42 Å². The second-order valence-electron chi connectivity index (χ2n) is 7.99. The van der Waals surface area contributed by atoms with Gasteiger partial charge in [-0.1, -0.05) is 26.0 Å². The Hall–Kier alpha value is -0.910. The molecule has 172 valence electrons. The predicted octanol–water partition coefficient (Wildman–Crippen LogP) is 3.11. The molecule has 3 N–H and O–H groups in total. The van der Waals surface area contributed by atoms with Crippen LogP contribution in [-0.2, 0) is 21.3 Å². The van der Waals surface area contributed by atoms with Gasteiger partial charge in [0.05, 0.1) is 18.0 Å². The number of hydrogen-bond acceptors (Lipinski definition) is 4. The Labute approximate surface area is 198 Å². The lowest BCUT2D eigenvalue weighted by Crippen LogP contribution is -2.46. The van der Waals surface area contributed by atoms with Crippen LogP contribution in [0.4, 0.5) is 0 Å². The Balaban J connectivity index is 0.00000450. The molecular weight excluding hydrogens is 515 g/mol. The molecule has 0 saturated heterocycles. The van der Waals surface area contributed by atoms with Gasteiger partial charge in [-0.05, 0) is 55.7 Å². The molecular formula is C21H37IN4O3S. The minimum atomic E-state index is -3.55. The maximum absolute atomic E-state index is 12.4. The van der Waals surface area contributed by atoms with Crippen LogP contribution in [0.2, 0.25) is 0 Å². The molecule has 1 aliphatic rings. The van der Waals surface area contributed by atoms with Crippen LogP contribution in [0.3, 0.4) is 0 Å². The van der Waals surface area contributed by atoms with Crippen LogP contribution in [0.15, 0.2) is 34.2 Å². The topological polar surface area (TPSA) is 91.8 Å². The summed E-state index contributed by atoms with van der Waals surface area (Å²) in [7, 11) is -2.01. The van der Waals surface area contributed by atoms with Crippen LogP contribution >= 0.6 is 24.0 Å². The number of rotatable bonds is 9. The number of ether oxygens (including phenoxy) is 1. The lowest BCUT2D eigenvalue weighted by molar-refractivity contribution is 0.204. The number of halogens is 1. The Morgan fingerprint density at radius 2 is 1.90 bits per heavy atom. The van der Waals surface area contributed by atoms with E-state index in [1.54, 1.807) is 18.2 Å². The third-order valence-electron chi connectivity index (χ3n) is 5.09. The molecule has 1 aromatic rings. The zero-order valence-corrected chi connectivity index (χ0v) is 21.6. The first-order valence-electron chi connectivity index (χ1n) is 10.5. The normalized spacial score (nSPS) is 22.3. The minimum absolute atomic E-state index is 0. The Morgan fingerprint density at radius 3 is 2.53 bits per heavy atom. The van der Waals surface area contributed by atoms with E-state index < -0.39 is 10.0 Å². The van der Waals surface area contributed by atoms with Crippen molar-refractivity contribution in [1.82, 2.24) is 15.4 Å². The minimum Gasteiger partial charge on any atom is -0.383 e. The Bertz CT molecular complexity index is 763. The first kappa shape index (κ1) is 27.1. The largest absolute Gasteiger partial charge is 0.383 e. The van der Waals surface area contributed by atoms with E-state index >= 15 is 0 Å². The summed E-state index contributed by atoms with van der Waals surface area (Å²) in [6.45, 7) is 8.42. The Kier molecular flexibility index (Phi) is 12.2. The third-order valence-corrected chi connectivity index (χ3v) is 6.55. The van der Waals surface area contributed by atoms with Gasteiger partial charge in [0.1, 0.15) is 0 Å². The highest BCUT2D eigenvalue weighted by Gasteiger charge is 2.24. The summed E-state index contributed by atoms with van der Waals surface area (Å²) in [6.07, 6.45) is 3.58. The summed E-state index contributed by atoms with van der Waals surface area (Å²) in [6, 6.07) is 7.33. The van der Waals surface area contributed by atoms with Crippen molar-refractivity contribution in [2.45, 2.75) is 57.5 Å². The fourth-order valence-electron chi connectivity index (χ4n) is 3.92. The standard InChI is InChI=1S/C21H36N4O3S.HI/c1-5-22-21(25-19-12-16(2)11-17(3)13-19)23-15-18-7-6-8-20(14-18)29(26,27)24-9-10-28-4;/h6-8,14,16-17,19,24H,5,9-13,15H2,1-4H3,(H2,22,23,25);1H. The van der Waals surface area contributed by atoms with E-state index in [4.69, 9.17) is 4.74 Å². The number of hydrogen-bond donors (Lipinski definition) is 3. The second-order valence-corrected chi connectivity index (χ2v) is 9.76. The van der Waals surface area contributed by atoms with E-state index in [-0.39, 0.29) is 35.4 Å². The number of nitrogens with zero attached hydrogens (tertiary/aromatic N) is 1. The fraction of sp³-hybridized carbons (Fsp3) is 0.667. The van der Waals surface area contributed by atoms with Gasteiger partial charge < -0.3 is 15.4 Å². The molecule has 2 atom stereocenters. The van der Waals surface area contributed by atoms with Crippen molar-refractivity contribution in [3.8, 4) is 0 Å². The van der Waals surface area contributed by atoms with E-state index in [0.717, 1.165) is 30.9 Å². The SMILES string of the molecule is CCNC(=NCc1cccc(S(=O)(=O)NCCOC)c1)NC1CC(C)CC(C)C1.I. The quantitative estimate of drug-likeness (QED) is 0.190. The molecule has 0 aliphatic heterocycles. The second kappa shape index (κ2) is 13.5. The summed E-state index contributed by atoms with van der Waals surface area (Å²) >= 11 is 0. The van der Waals surface area contributed by atoms with E-state index in [1.807, 2.05) is 13.0 Å². The first-order valence-corrected chi connectivity index (χ1v) is 11.9. The number of benzene rings is 1. The average Bonchev–Trinajstić information content (AvgIpc) is 2.66. The van der Waals surface area contributed by atoms with Crippen LogP contribution in [0.1, 0.15) is 45.6 Å². The van der Waals surface area contributed by atoms with Gasteiger partial charge in [-0.2, -0.15) is 0 Å². The molecule has 0 radical (unpaired) electrons. The van der Waals surface area contributed by atoms with Gasteiger partial charge in [0, 0.05) is 26.2 Å². The van der Waals surface area contributed by atoms with Crippen molar-refractivity contribution in [3.63, 3.8) is 0 Å². The molecule has 0 amide bonds. The van der Waals surface area contributed by atoms with Crippen LogP contribution in [0.5, 0.6) is 0 Å². The van der Waals surface area contributed by atoms with Crippen LogP contribution in [-0.4, -0.2) is 47.2 Å². The first-order chi connectivity index (χ1) is 13.8. The van der Waals surface area contributed by atoms with E-state index in [2.05, 4.69) is 34.2 Å². The number of methoxy groups -OCH3 is 1. The molecule has 7 nitrogen and oxygen atoms in total. The molecule has 0 heterocycles. The van der Waals surface area contributed by atoms with Crippen molar-refractivity contribution in [3.05, 3.63) is 29.8 Å². The van der Waals surface area contributed by atoms with Crippen molar-refractivity contribution in [2.24, 2.45) is 16.8 Å². The number of aliphatic imine (C=N–C) groups is 1. The molecule has 1 aromatic carbocycles. The third kappa shape index (κ3) is 9.07. The lowest BCUT2D eigenvalue weighted by atomic mass is 9.80. The number of guanidine groups is 1. The summed E-state index contributed by atoms with van der Waals surface area (Å²) in [5, 5.41) is 6.86. The zero-order chi connectivity index (χ0) is 21.3. The molecule has 0 spiro atoms. The summed E-state index contributed by atoms with van der Waals surface area (Å²) in [4.78, 5) is 4.93. The number of nitrogens with one attached hydrogen (secondary N) is 3. The van der Waals surface area contributed by atoms with Crippen molar-refractivity contribution in [2.75, 3.05) is 26.8 Å². The molecule has 1 saturated carbocycles. The van der Waals surface area contributed by atoms with Crippen LogP contribution in [0, 0.1) is 11.8 Å². The fourth-order valence-corrected chi connectivity index (χ4v) is 5.00. The zero-order valence-electron chi connectivity index (χ0n) is 18.5. The van der Waals surface area contributed by atoms with E-state index in [1.165, 1.54) is 13.5 Å². The van der Waals surface area contributed by atoms with Gasteiger partial charge in [0.25, 0.3) is 0 Å². The van der Waals surface area contributed by atoms with Crippen molar-refractivity contribution < 1.29 is 13.2 Å². The van der Waals surface area contributed by atoms with Crippen LogP contribution < -0.4 is 15.4 Å². The van der Waals surface area contributed by atoms with Gasteiger partial charge in [0.15, 0.2) is 5.96 Å². The highest BCUT2D eigenvalue weighted by atomic mass is 127. The van der Waals surface area contributed by atoms with Crippen molar-refractivity contribution in [1.29, 1.82) is 0 Å². The molecule has 2 rings (SSSR count). The summed E-state index contributed by atoms with van der Waals surface area (Å²) in [5.41, 5.74) is 0.849. The predicted molar refractivity (Wildman–Crippen MR) is 133 cm³/mol. The summed E-state index contributed by atoms with van der Waals surface area (Å²) in [5.74, 6) is 2.21. The highest BCUT2D eigenvalue weighted by molar-refractivity contribution is 14.0. The highest BCUT2D eigenvalue weighted by Crippen LogP contribution is 2.28. The molecule has 2 unspecified atom stereocenters. The number of sulfonamides is 1. The maximum Gasteiger partial charge on any atom is 0.240 e. The lowest BCUT2D eigenvalue weighted by Gasteiger charge is -2.32. The molecule has 9 heteroatoms. The molecule has 0 bridgehead atoms. The van der Waals surface area contributed by atoms with Gasteiger partial charge in [-0.15, -0.1) is 24.0 Å². The van der Waals surface area contributed by atoms with Crippen LogP contribution in [0.25, 0.3) is 0 Å². The van der Waals surface area contributed by atoms with Crippen molar-refractivity contribution >= 4 is 40.0 Å². The van der Waals surface area contributed by atoms with Gasteiger partial charge in [0.2, 0.25) is 10.0 Å². The van der Waals surface area contributed by atoms with Gasteiger partial charge >= 0.3 is 0 Å². The molecule has 0 aromatic heterocycles. The molecule has 1 fully saturated rings. The molecule has 30 heavy (non-hydrogen) atoms. The Morgan fingerprint density at radius 1 is 1.20 bits per heavy atom. The smallest absolute Gasteiger partial charge is 0.240 e. The van der Waals surface area contributed by atoms with Gasteiger partial charge in [-0.3, -0.25) is 0 Å². The van der Waals surface area contributed by atoms with Gasteiger partial charge in [-0.25, -0.2) is 18.1 Å². The average molecular weight is 553 g/mol. The maximum atomic E-state index is 12.4. The monoisotopic (exact) mass is 552 g/mol.